The Balaban J connectivity index is 2.91. The van der Waals surface area contributed by atoms with E-state index in [1.807, 2.05) is 6.07 Å². The zero-order chi connectivity index (χ0) is 12.9. The fourth-order valence-electron chi connectivity index (χ4n) is 1.44. The van der Waals surface area contributed by atoms with Crippen LogP contribution in [0.3, 0.4) is 0 Å². The Bertz CT molecular complexity index is 473. The lowest BCUT2D eigenvalue weighted by molar-refractivity contribution is -0.119. The van der Waals surface area contributed by atoms with Crippen LogP contribution in [0.1, 0.15) is 11.6 Å². The van der Waals surface area contributed by atoms with Gasteiger partial charge < -0.3 is 5.32 Å². The van der Waals surface area contributed by atoms with Crippen molar-refractivity contribution in [3.05, 3.63) is 35.9 Å². The van der Waals surface area contributed by atoms with Gasteiger partial charge in [-0.25, -0.2) is 8.42 Å². The van der Waals surface area contributed by atoms with Crippen LogP contribution in [0.5, 0.6) is 0 Å². The third-order valence-corrected chi connectivity index (χ3v) is 3.31. The minimum absolute atomic E-state index is 0.139. The van der Waals surface area contributed by atoms with Crippen LogP contribution in [0.2, 0.25) is 0 Å². The van der Waals surface area contributed by atoms with E-state index in [0.717, 1.165) is 11.8 Å². The Hall–Kier alpha value is -1.07. The molecule has 1 aromatic carbocycles. The second kappa shape index (κ2) is 6.02. The van der Waals surface area contributed by atoms with Gasteiger partial charge >= 0.3 is 0 Å². The Kier molecular flexibility index (Phi) is 4.96. The molecule has 0 aliphatic carbocycles. The maximum atomic E-state index is 11.3. The molecule has 6 heteroatoms. The average molecular weight is 276 g/mol. The summed E-state index contributed by atoms with van der Waals surface area (Å²) in [6, 6.07) is 8.38. The van der Waals surface area contributed by atoms with Gasteiger partial charge in [0.25, 0.3) is 0 Å². The fourth-order valence-corrected chi connectivity index (χ4v) is 2.40. The maximum absolute atomic E-state index is 11.3. The van der Waals surface area contributed by atoms with E-state index in [1.165, 1.54) is 0 Å². The Morgan fingerprint density at radius 3 is 2.41 bits per heavy atom. The number of benzene rings is 1. The molecule has 0 radical (unpaired) electrons. The van der Waals surface area contributed by atoms with Crippen LogP contribution in [0, 0.1) is 0 Å². The summed E-state index contributed by atoms with van der Waals surface area (Å²) in [7, 11) is -3.18. The van der Waals surface area contributed by atoms with E-state index in [9.17, 15) is 13.2 Å². The lowest BCUT2D eigenvalue weighted by atomic mass is 10.1. The predicted octanol–water partition coefficient (Wildman–Crippen LogP) is 1.13. The van der Waals surface area contributed by atoms with E-state index < -0.39 is 15.9 Å². The normalized spacial score (nSPS) is 13.1. The van der Waals surface area contributed by atoms with Crippen molar-refractivity contribution in [1.29, 1.82) is 0 Å². The molecule has 0 heterocycles. The summed E-state index contributed by atoms with van der Waals surface area (Å²) in [6.07, 6.45) is 1.13. The molecule has 1 unspecified atom stereocenters. The zero-order valence-electron chi connectivity index (χ0n) is 9.39. The molecule has 0 saturated carbocycles. The first-order chi connectivity index (χ1) is 7.92. The van der Waals surface area contributed by atoms with Gasteiger partial charge in [-0.2, -0.15) is 0 Å². The molecule has 1 N–H and O–H groups in total. The third-order valence-electron chi connectivity index (χ3n) is 2.13. The molecule has 4 nitrogen and oxygen atoms in total. The van der Waals surface area contributed by atoms with Crippen LogP contribution in [0.25, 0.3) is 0 Å². The van der Waals surface area contributed by atoms with Crippen LogP contribution in [-0.4, -0.2) is 32.2 Å². The SMILES string of the molecule is CS(=O)(=O)CC(NC(=O)CCl)c1ccccc1. The lowest BCUT2D eigenvalue weighted by Gasteiger charge is -2.17. The predicted molar refractivity (Wildman–Crippen MR) is 67.8 cm³/mol. The van der Waals surface area contributed by atoms with Gasteiger partial charge in [0.15, 0.2) is 0 Å². The number of sulfone groups is 1. The van der Waals surface area contributed by atoms with Crippen molar-refractivity contribution in [2.45, 2.75) is 6.04 Å². The molecule has 94 valence electrons. The van der Waals surface area contributed by atoms with Gasteiger partial charge in [-0.15, -0.1) is 11.6 Å². The molecule has 1 aromatic rings. The van der Waals surface area contributed by atoms with E-state index in [2.05, 4.69) is 5.32 Å². The van der Waals surface area contributed by atoms with Crippen molar-refractivity contribution >= 4 is 27.3 Å². The van der Waals surface area contributed by atoms with Gasteiger partial charge in [0, 0.05) is 6.26 Å². The summed E-state index contributed by atoms with van der Waals surface area (Å²) in [5.41, 5.74) is 0.747. The molecule has 0 aromatic heterocycles. The molecule has 0 bridgehead atoms. The summed E-state index contributed by atoms with van der Waals surface area (Å²) < 4.78 is 22.6. The Morgan fingerprint density at radius 1 is 1.35 bits per heavy atom. The average Bonchev–Trinajstić information content (AvgIpc) is 2.27. The molecule has 0 aliphatic heterocycles. The molecule has 0 spiro atoms. The Morgan fingerprint density at radius 2 is 1.94 bits per heavy atom. The van der Waals surface area contributed by atoms with Gasteiger partial charge in [0.05, 0.1) is 11.8 Å². The van der Waals surface area contributed by atoms with Gasteiger partial charge in [-0.05, 0) is 5.56 Å². The summed E-state index contributed by atoms with van der Waals surface area (Å²) in [6.45, 7) is 0. The van der Waals surface area contributed by atoms with Crippen molar-refractivity contribution in [1.82, 2.24) is 5.32 Å². The number of alkyl halides is 1. The van der Waals surface area contributed by atoms with Crippen LogP contribution >= 0.6 is 11.6 Å². The number of halogens is 1. The van der Waals surface area contributed by atoms with Crippen LogP contribution in [0.4, 0.5) is 0 Å². The molecule has 0 saturated heterocycles. The molecule has 1 atom stereocenters. The standard InChI is InChI=1S/C11H14ClNO3S/c1-17(15,16)8-10(13-11(14)7-12)9-5-3-2-4-6-9/h2-6,10H,7-8H2,1H3,(H,13,14). The van der Waals surface area contributed by atoms with Crippen molar-refractivity contribution in [2.75, 3.05) is 17.9 Å². The molecular formula is C11H14ClNO3S. The van der Waals surface area contributed by atoms with Crippen LogP contribution in [0.15, 0.2) is 30.3 Å². The number of rotatable bonds is 5. The topological polar surface area (TPSA) is 63.2 Å². The fraction of sp³-hybridized carbons (Fsp3) is 0.364. The van der Waals surface area contributed by atoms with Crippen molar-refractivity contribution in [3.63, 3.8) is 0 Å². The number of hydrogen-bond donors (Lipinski definition) is 1. The van der Waals surface area contributed by atoms with Crippen molar-refractivity contribution < 1.29 is 13.2 Å². The van der Waals surface area contributed by atoms with Gasteiger partial charge in [0.1, 0.15) is 15.7 Å². The summed E-state index contributed by atoms with van der Waals surface area (Å²) in [4.78, 5) is 11.2. The second-order valence-electron chi connectivity index (χ2n) is 3.76. The van der Waals surface area contributed by atoms with E-state index in [1.54, 1.807) is 24.3 Å². The van der Waals surface area contributed by atoms with E-state index >= 15 is 0 Å². The first-order valence-corrected chi connectivity index (χ1v) is 7.60. The number of nitrogens with one attached hydrogen (secondary N) is 1. The molecule has 17 heavy (non-hydrogen) atoms. The molecular weight excluding hydrogens is 262 g/mol. The third kappa shape index (κ3) is 5.19. The van der Waals surface area contributed by atoms with E-state index in [4.69, 9.17) is 11.6 Å². The maximum Gasteiger partial charge on any atom is 0.235 e. The van der Waals surface area contributed by atoms with Crippen molar-refractivity contribution in [3.8, 4) is 0 Å². The zero-order valence-corrected chi connectivity index (χ0v) is 11.0. The highest BCUT2D eigenvalue weighted by Crippen LogP contribution is 2.14. The highest BCUT2D eigenvalue weighted by Gasteiger charge is 2.18. The van der Waals surface area contributed by atoms with Crippen LogP contribution in [-0.2, 0) is 14.6 Å². The largest absolute Gasteiger partial charge is 0.347 e. The van der Waals surface area contributed by atoms with Gasteiger partial charge in [-0.1, -0.05) is 30.3 Å². The van der Waals surface area contributed by atoms with Crippen LogP contribution < -0.4 is 5.32 Å². The molecule has 1 amide bonds. The minimum Gasteiger partial charge on any atom is -0.347 e. The second-order valence-corrected chi connectivity index (χ2v) is 6.21. The van der Waals surface area contributed by atoms with E-state index in [0.29, 0.717) is 0 Å². The van der Waals surface area contributed by atoms with E-state index in [-0.39, 0.29) is 17.5 Å². The number of carbonyl (C=O) groups is 1. The summed E-state index contributed by atoms with van der Waals surface area (Å²) >= 11 is 5.39. The highest BCUT2D eigenvalue weighted by molar-refractivity contribution is 7.90. The number of hydrogen-bond acceptors (Lipinski definition) is 3. The number of carbonyl (C=O) groups excluding carboxylic acids is 1. The number of amides is 1. The first kappa shape index (κ1) is 14.0. The summed E-state index contributed by atoms with van der Waals surface area (Å²) in [5.74, 6) is -0.712. The summed E-state index contributed by atoms with van der Waals surface area (Å²) in [5, 5.41) is 2.59. The van der Waals surface area contributed by atoms with Gasteiger partial charge in [-0.3, -0.25) is 4.79 Å². The molecule has 1 rings (SSSR count). The molecule has 0 aliphatic rings. The molecule has 0 fully saturated rings. The quantitative estimate of drug-likeness (QED) is 0.820. The monoisotopic (exact) mass is 275 g/mol. The smallest absolute Gasteiger partial charge is 0.235 e. The first-order valence-electron chi connectivity index (χ1n) is 5.00. The Labute approximate surface area is 106 Å². The lowest BCUT2D eigenvalue weighted by Crippen LogP contribution is -2.33. The van der Waals surface area contributed by atoms with Gasteiger partial charge in [0.2, 0.25) is 5.91 Å². The highest BCUT2D eigenvalue weighted by atomic mass is 35.5. The van der Waals surface area contributed by atoms with Crippen molar-refractivity contribution in [2.24, 2.45) is 0 Å². The minimum atomic E-state index is -3.18.